The van der Waals surface area contributed by atoms with Gasteiger partial charge in [-0.15, -0.1) is 0 Å². The second kappa shape index (κ2) is 9.85. The highest BCUT2D eigenvalue weighted by atomic mass is 35.5. The molecule has 3 aromatic rings. The van der Waals surface area contributed by atoms with E-state index >= 15 is 0 Å². The van der Waals surface area contributed by atoms with E-state index in [2.05, 4.69) is 4.90 Å². The van der Waals surface area contributed by atoms with Crippen molar-refractivity contribution in [2.75, 3.05) is 41.9 Å². The van der Waals surface area contributed by atoms with E-state index in [0.29, 0.717) is 36.9 Å². The van der Waals surface area contributed by atoms with Gasteiger partial charge in [-0.1, -0.05) is 48.0 Å². The van der Waals surface area contributed by atoms with Crippen LogP contribution < -0.4 is 9.21 Å². The number of hydrogen-bond acceptors (Lipinski definition) is 4. The maximum atomic E-state index is 13.5. The van der Waals surface area contributed by atoms with Crippen LogP contribution in [0.25, 0.3) is 0 Å². The van der Waals surface area contributed by atoms with E-state index in [0.717, 1.165) is 11.3 Å². The van der Waals surface area contributed by atoms with E-state index in [1.165, 1.54) is 4.31 Å². The van der Waals surface area contributed by atoms with Gasteiger partial charge in [0.1, 0.15) is 6.54 Å². The molecule has 1 heterocycles. The van der Waals surface area contributed by atoms with Crippen LogP contribution in [0, 0.1) is 6.92 Å². The summed E-state index contributed by atoms with van der Waals surface area (Å²) in [7, 11) is -3.90. The summed E-state index contributed by atoms with van der Waals surface area (Å²) < 4.78 is 28.1. The lowest BCUT2D eigenvalue weighted by Gasteiger charge is -2.37. The summed E-state index contributed by atoms with van der Waals surface area (Å²) in [5.41, 5.74) is 2.41. The Kier molecular flexibility index (Phi) is 6.91. The Balaban J connectivity index is 1.53. The first-order valence-electron chi connectivity index (χ1n) is 10.8. The summed E-state index contributed by atoms with van der Waals surface area (Å²) in [5, 5.41) is 0.672. The number of carbonyl (C=O) groups is 1. The van der Waals surface area contributed by atoms with Gasteiger partial charge in [0.25, 0.3) is 10.0 Å². The second-order valence-electron chi connectivity index (χ2n) is 8.01. The number of aryl methyl sites for hydroxylation is 1. The van der Waals surface area contributed by atoms with Gasteiger partial charge < -0.3 is 9.80 Å². The molecule has 172 valence electrons. The molecular formula is C25H26ClN3O3S. The first kappa shape index (κ1) is 23.1. The number of benzene rings is 3. The third kappa shape index (κ3) is 5.31. The Morgan fingerprint density at radius 1 is 0.909 bits per heavy atom. The van der Waals surface area contributed by atoms with Crippen molar-refractivity contribution in [1.82, 2.24) is 4.90 Å². The molecule has 0 spiro atoms. The molecule has 33 heavy (non-hydrogen) atoms. The molecule has 6 nitrogen and oxygen atoms in total. The van der Waals surface area contributed by atoms with Crippen LogP contribution in [0.3, 0.4) is 0 Å². The van der Waals surface area contributed by atoms with Crippen LogP contribution in [-0.2, 0) is 14.8 Å². The van der Waals surface area contributed by atoms with Crippen molar-refractivity contribution in [3.8, 4) is 0 Å². The molecule has 0 N–H and O–H groups in total. The molecule has 3 aromatic carbocycles. The zero-order valence-corrected chi connectivity index (χ0v) is 20.0. The standard InChI is InChI=1S/C25H26ClN3O3S/c1-20-7-5-10-23(17-20)29(33(31,32)24-11-3-2-4-12-24)19-25(30)28-15-13-27(14-16-28)22-9-6-8-21(26)18-22/h2-12,17-18H,13-16,19H2,1H3. The molecule has 1 amide bonds. The summed E-state index contributed by atoms with van der Waals surface area (Å²) in [4.78, 5) is 17.3. The van der Waals surface area contributed by atoms with Crippen molar-refractivity contribution in [3.63, 3.8) is 0 Å². The maximum Gasteiger partial charge on any atom is 0.264 e. The number of nitrogens with zero attached hydrogens (tertiary/aromatic N) is 3. The van der Waals surface area contributed by atoms with E-state index < -0.39 is 10.0 Å². The van der Waals surface area contributed by atoms with Crippen LogP contribution in [0.5, 0.6) is 0 Å². The molecule has 0 atom stereocenters. The molecule has 1 saturated heterocycles. The molecule has 1 fully saturated rings. The number of sulfonamides is 1. The first-order chi connectivity index (χ1) is 15.8. The SMILES string of the molecule is Cc1cccc(N(CC(=O)N2CCN(c3cccc(Cl)c3)CC2)S(=O)(=O)c2ccccc2)c1. The summed E-state index contributed by atoms with van der Waals surface area (Å²) in [5.74, 6) is -0.221. The largest absolute Gasteiger partial charge is 0.368 e. The Hall–Kier alpha value is -3.03. The fourth-order valence-corrected chi connectivity index (χ4v) is 5.54. The number of rotatable bonds is 6. The number of halogens is 1. The monoisotopic (exact) mass is 483 g/mol. The molecule has 0 radical (unpaired) electrons. The molecule has 1 aliphatic rings. The Morgan fingerprint density at radius 2 is 1.61 bits per heavy atom. The van der Waals surface area contributed by atoms with Crippen LogP contribution in [0.15, 0.2) is 83.8 Å². The molecule has 0 aliphatic carbocycles. The third-order valence-electron chi connectivity index (χ3n) is 5.71. The third-order valence-corrected chi connectivity index (χ3v) is 7.73. The van der Waals surface area contributed by atoms with E-state index in [1.54, 1.807) is 53.4 Å². The Labute approximate surface area is 200 Å². The van der Waals surface area contributed by atoms with Crippen molar-refractivity contribution in [2.24, 2.45) is 0 Å². The number of piperazine rings is 1. The summed E-state index contributed by atoms with van der Waals surface area (Å²) >= 11 is 6.11. The predicted octanol–water partition coefficient (Wildman–Crippen LogP) is 4.19. The Morgan fingerprint density at radius 3 is 2.27 bits per heavy atom. The van der Waals surface area contributed by atoms with Crippen molar-refractivity contribution in [1.29, 1.82) is 0 Å². The minimum absolute atomic E-state index is 0.157. The van der Waals surface area contributed by atoms with Gasteiger partial charge in [-0.3, -0.25) is 9.10 Å². The minimum atomic E-state index is -3.90. The fourth-order valence-electron chi connectivity index (χ4n) is 3.93. The van der Waals surface area contributed by atoms with Gasteiger partial charge in [0.05, 0.1) is 10.6 Å². The van der Waals surface area contributed by atoms with E-state index in [1.807, 2.05) is 37.3 Å². The average molecular weight is 484 g/mol. The van der Waals surface area contributed by atoms with E-state index in [9.17, 15) is 13.2 Å². The normalized spacial score (nSPS) is 14.2. The van der Waals surface area contributed by atoms with Crippen molar-refractivity contribution < 1.29 is 13.2 Å². The quantitative estimate of drug-likeness (QED) is 0.527. The summed E-state index contributed by atoms with van der Waals surface area (Å²) in [6.45, 7) is 3.98. The average Bonchev–Trinajstić information content (AvgIpc) is 2.83. The summed E-state index contributed by atoms with van der Waals surface area (Å²) in [6.07, 6.45) is 0. The topological polar surface area (TPSA) is 60.9 Å². The van der Waals surface area contributed by atoms with Crippen LogP contribution >= 0.6 is 11.6 Å². The molecule has 0 bridgehead atoms. The van der Waals surface area contributed by atoms with Crippen molar-refractivity contribution >= 4 is 38.9 Å². The van der Waals surface area contributed by atoms with Gasteiger partial charge in [-0.25, -0.2) is 8.42 Å². The lowest BCUT2D eigenvalue weighted by Crippen LogP contribution is -2.52. The number of hydrogen-bond donors (Lipinski definition) is 0. The minimum Gasteiger partial charge on any atom is -0.368 e. The maximum absolute atomic E-state index is 13.5. The van der Waals surface area contributed by atoms with Gasteiger partial charge in [0.15, 0.2) is 0 Å². The molecule has 0 saturated carbocycles. The van der Waals surface area contributed by atoms with E-state index in [4.69, 9.17) is 11.6 Å². The lowest BCUT2D eigenvalue weighted by molar-refractivity contribution is -0.129. The highest BCUT2D eigenvalue weighted by Gasteiger charge is 2.30. The van der Waals surface area contributed by atoms with Gasteiger partial charge in [-0.05, 0) is 55.0 Å². The highest BCUT2D eigenvalue weighted by Crippen LogP contribution is 2.25. The number of carbonyl (C=O) groups excluding carboxylic acids is 1. The fraction of sp³-hybridized carbons (Fsp3) is 0.240. The smallest absolute Gasteiger partial charge is 0.264 e. The van der Waals surface area contributed by atoms with Gasteiger partial charge in [0.2, 0.25) is 5.91 Å². The Bertz CT molecular complexity index is 1230. The van der Waals surface area contributed by atoms with Crippen LogP contribution in [-0.4, -0.2) is 51.9 Å². The molecular weight excluding hydrogens is 458 g/mol. The molecule has 4 rings (SSSR count). The number of amides is 1. The zero-order valence-electron chi connectivity index (χ0n) is 18.4. The van der Waals surface area contributed by atoms with Crippen LogP contribution in [0.1, 0.15) is 5.56 Å². The number of anilines is 2. The van der Waals surface area contributed by atoms with Gasteiger partial charge >= 0.3 is 0 Å². The predicted molar refractivity (Wildman–Crippen MR) is 132 cm³/mol. The second-order valence-corrected chi connectivity index (χ2v) is 10.3. The van der Waals surface area contributed by atoms with E-state index in [-0.39, 0.29) is 17.3 Å². The van der Waals surface area contributed by atoms with Crippen LogP contribution in [0.2, 0.25) is 5.02 Å². The van der Waals surface area contributed by atoms with Crippen molar-refractivity contribution in [3.05, 3.63) is 89.4 Å². The first-order valence-corrected chi connectivity index (χ1v) is 12.6. The summed E-state index contributed by atoms with van der Waals surface area (Å²) in [6, 6.07) is 23.1. The molecule has 0 unspecified atom stereocenters. The lowest BCUT2D eigenvalue weighted by atomic mass is 10.2. The highest BCUT2D eigenvalue weighted by molar-refractivity contribution is 7.92. The molecule has 0 aromatic heterocycles. The van der Waals surface area contributed by atoms with Gasteiger partial charge in [0, 0.05) is 36.9 Å². The van der Waals surface area contributed by atoms with Crippen LogP contribution in [0.4, 0.5) is 11.4 Å². The van der Waals surface area contributed by atoms with Crippen molar-refractivity contribution in [2.45, 2.75) is 11.8 Å². The molecule has 1 aliphatic heterocycles. The van der Waals surface area contributed by atoms with Gasteiger partial charge in [-0.2, -0.15) is 0 Å². The molecule has 8 heteroatoms. The zero-order chi connectivity index (χ0) is 23.4.